The van der Waals surface area contributed by atoms with Crippen LogP contribution in [0.2, 0.25) is 0 Å². The third-order valence-electron chi connectivity index (χ3n) is 2.26. The topological polar surface area (TPSA) is 42.2 Å². The molecule has 14 heavy (non-hydrogen) atoms. The van der Waals surface area contributed by atoms with Gasteiger partial charge in [-0.3, -0.25) is 0 Å². The zero-order valence-corrected chi connectivity index (χ0v) is 7.99. The highest BCUT2D eigenvalue weighted by Crippen LogP contribution is 2.34. The monoisotopic (exact) mass is 189 g/mol. The number of rotatable bonds is 1. The van der Waals surface area contributed by atoms with E-state index in [4.69, 9.17) is 14.7 Å². The van der Waals surface area contributed by atoms with Crippen LogP contribution in [-0.4, -0.2) is 12.7 Å². The first-order valence-corrected chi connectivity index (χ1v) is 4.67. The molecule has 3 heteroatoms. The van der Waals surface area contributed by atoms with Gasteiger partial charge in [0, 0.05) is 0 Å². The van der Waals surface area contributed by atoms with Crippen LogP contribution in [0.5, 0.6) is 11.5 Å². The zero-order valence-electron chi connectivity index (χ0n) is 7.99. The lowest BCUT2D eigenvalue weighted by Gasteiger charge is -2.26. The number of ether oxygens (including phenoxy) is 2. The van der Waals surface area contributed by atoms with Gasteiger partial charge in [-0.15, -0.1) is 0 Å². The van der Waals surface area contributed by atoms with Crippen molar-refractivity contribution in [2.75, 3.05) is 6.61 Å². The molecule has 0 spiro atoms. The summed E-state index contributed by atoms with van der Waals surface area (Å²) < 4.78 is 11.1. The van der Waals surface area contributed by atoms with Gasteiger partial charge in [0.15, 0.2) is 11.5 Å². The summed E-state index contributed by atoms with van der Waals surface area (Å²) in [5, 5.41) is 8.83. The Morgan fingerprint density at radius 1 is 1.57 bits per heavy atom. The van der Waals surface area contributed by atoms with E-state index in [-0.39, 0.29) is 6.10 Å². The Balaban J connectivity index is 2.36. The number of hydrogen-bond acceptors (Lipinski definition) is 3. The lowest BCUT2D eigenvalue weighted by atomic mass is 10.1. The van der Waals surface area contributed by atoms with Crippen LogP contribution in [0.4, 0.5) is 0 Å². The third kappa shape index (κ3) is 1.39. The van der Waals surface area contributed by atoms with Crippen molar-refractivity contribution >= 4 is 0 Å². The van der Waals surface area contributed by atoms with E-state index in [0.717, 1.165) is 6.42 Å². The minimum Gasteiger partial charge on any atom is -0.484 e. The summed E-state index contributed by atoms with van der Waals surface area (Å²) in [6.45, 7) is 2.58. The molecular weight excluding hydrogens is 178 g/mol. The van der Waals surface area contributed by atoms with Gasteiger partial charge >= 0.3 is 0 Å². The quantitative estimate of drug-likeness (QED) is 0.679. The molecule has 0 aromatic heterocycles. The number of nitrogens with zero attached hydrogens (tertiary/aromatic N) is 1. The summed E-state index contributed by atoms with van der Waals surface area (Å²) >= 11 is 0. The zero-order chi connectivity index (χ0) is 9.97. The molecule has 1 aromatic carbocycles. The Morgan fingerprint density at radius 3 is 3.14 bits per heavy atom. The first kappa shape index (κ1) is 8.89. The number of benzene rings is 1. The maximum Gasteiger partial charge on any atom is 0.179 e. The van der Waals surface area contributed by atoms with Crippen molar-refractivity contribution in [3.8, 4) is 17.6 Å². The Labute approximate surface area is 82.9 Å². The van der Waals surface area contributed by atoms with Crippen LogP contribution in [0.1, 0.15) is 18.9 Å². The van der Waals surface area contributed by atoms with Crippen LogP contribution in [-0.2, 0) is 0 Å². The van der Waals surface area contributed by atoms with Gasteiger partial charge in [0.2, 0.25) is 0 Å². The Morgan fingerprint density at radius 2 is 2.43 bits per heavy atom. The molecule has 0 saturated carbocycles. The SMILES string of the molecule is CCC1COc2c(C#N)cccc2O1. The maximum atomic E-state index is 8.83. The minimum atomic E-state index is 0.108. The molecule has 72 valence electrons. The highest BCUT2D eigenvalue weighted by atomic mass is 16.6. The molecule has 1 aliphatic heterocycles. The average Bonchev–Trinajstić information content (AvgIpc) is 2.27. The standard InChI is InChI=1S/C11H11NO2/c1-2-9-7-13-11-8(6-12)4-3-5-10(11)14-9/h3-5,9H,2,7H2,1H3. The number of nitriles is 1. The summed E-state index contributed by atoms with van der Waals surface area (Å²) in [7, 11) is 0. The van der Waals surface area contributed by atoms with E-state index in [0.29, 0.717) is 23.7 Å². The van der Waals surface area contributed by atoms with Gasteiger partial charge in [-0.2, -0.15) is 5.26 Å². The van der Waals surface area contributed by atoms with Crippen molar-refractivity contribution in [1.82, 2.24) is 0 Å². The first-order chi connectivity index (χ1) is 6.85. The van der Waals surface area contributed by atoms with Crippen LogP contribution in [0.15, 0.2) is 18.2 Å². The summed E-state index contributed by atoms with van der Waals surface area (Å²) in [6, 6.07) is 7.45. The summed E-state index contributed by atoms with van der Waals surface area (Å²) in [5.41, 5.74) is 0.539. The molecule has 1 atom stereocenters. The van der Waals surface area contributed by atoms with Gasteiger partial charge in [0.1, 0.15) is 18.8 Å². The highest BCUT2D eigenvalue weighted by molar-refractivity contribution is 5.53. The Bertz CT molecular complexity index is 381. The van der Waals surface area contributed by atoms with Gasteiger partial charge in [0.25, 0.3) is 0 Å². The molecule has 1 aromatic rings. The van der Waals surface area contributed by atoms with Gasteiger partial charge in [-0.05, 0) is 18.6 Å². The van der Waals surface area contributed by atoms with E-state index in [1.54, 1.807) is 12.1 Å². The molecule has 3 nitrogen and oxygen atoms in total. The second-order valence-electron chi connectivity index (χ2n) is 3.20. The van der Waals surface area contributed by atoms with Gasteiger partial charge in [0.05, 0.1) is 5.56 Å². The molecule has 0 radical (unpaired) electrons. The largest absolute Gasteiger partial charge is 0.484 e. The Kier molecular flexibility index (Phi) is 2.28. The maximum absolute atomic E-state index is 8.83. The van der Waals surface area contributed by atoms with Crippen LogP contribution in [0.25, 0.3) is 0 Å². The third-order valence-corrected chi connectivity index (χ3v) is 2.26. The van der Waals surface area contributed by atoms with E-state index in [9.17, 15) is 0 Å². The fourth-order valence-electron chi connectivity index (χ4n) is 1.44. The molecule has 0 aliphatic carbocycles. The number of fused-ring (bicyclic) bond motifs is 1. The summed E-state index contributed by atoms with van der Waals surface area (Å²) in [6.07, 6.45) is 1.02. The fraction of sp³-hybridized carbons (Fsp3) is 0.364. The average molecular weight is 189 g/mol. The van der Waals surface area contributed by atoms with Crippen molar-refractivity contribution in [3.63, 3.8) is 0 Å². The van der Waals surface area contributed by atoms with Crippen molar-refractivity contribution < 1.29 is 9.47 Å². The van der Waals surface area contributed by atoms with Crippen molar-refractivity contribution in [3.05, 3.63) is 23.8 Å². The van der Waals surface area contributed by atoms with Crippen LogP contribution in [0, 0.1) is 11.3 Å². The van der Waals surface area contributed by atoms with Gasteiger partial charge in [-0.25, -0.2) is 0 Å². The smallest absolute Gasteiger partial charge is 0.179 e. The van der Waals surface area contributed by atoms with Crippen molar-refractivity contribution in [2.24, 2.45) is 0 Å². The van der Waals surface area contributed by atoms with E-state index in [1.807, 2.05) is 13.0 Å². The normalized spacial score (nSPS) is 18.7. The molecule has 1 heterocycles. The van der Waals surface area contributed by atoms with Crippen molar-refractivity contribution in [2.45, 2.75) is 19.4 Å². The minimum absolute atomic E-state index is 0.108. The molecule has 0 N–H and O–H groups in total. The molecule has 0 fully saturated rings. The van der Waals surface area contributed by atoms with E-state index >= 15 is 0 Å². The van der Waals surface area contributed by atoms with Crippen LogP contribution < -0.4 is 9.47 Å². The molecule has 1 unspecified atom stereocenters. The van der Waals surface area contributed by atoms with Gasteiger partial charge < -0.3 is 9.47 Å². The van der Waals surface area contributed by atoms with E-state index in [1.165, 1.54) is 0 Å². The molecule has 2 rings (SSSR count). The van der Waals surface area contributed by atoms with Crippen LogP contribution in [0.3, 0.4) is 0 Å². The summed E-state index contributed by atoms with van der Waals surface area (Å²) in [5.74, 6) is 1.27. The summed E-state index contributed by atoms with van der Waals surface area (Å²) in [4.78, 5) is 0. The Hall–Kier alpha value is -1.69. The van der Waals surface area contributed by atoms with Gasteiger partial charge in [-0.1, -0.05) is 13.0 Å². The van der Waals surface area contributed by atoms with Crippen molar-refractivity contribution in [1.29, 1.82) is 5.26 Å². The van der Waals surface area contributed by atoms with E-state index in [2.05, 4.69) is 6.07 Å². The predicted octanol–water partition coefficient (Wildman–Crippen LogP) is 2.11. The second-order valence-corrected chi connectivity index (χ2v) is 3.20. The van der Waals surface area contributed by atoms with E-state index < -0.39 is 0 Å². The molecule has 0 saturated heterocycles. The molecular formula is C11H11NO2. The number of para-hydroxylation sites is 1. The molecule has 0 amide bonds. The second kappa shape index (κ2) is 3.59. The first-order valence-electron chi connectivity index (χ1n) is 4.67. The lowest BCUT2D eigenvalue weighted by Crippen LogP contribution is -2.28. The number of hydrogen-bond donors (Lipinski definition) is 0. The lowest BCUT2D eigenvalue weighted by molar-refractivity contribution is 0.0881. The molecule has 0 bridgehead atoms. The predicted molar refractivity (Wildman–Crippen MR) is 51.4 cm³/mol. The van der Waals surface area contributed by atoms with Crippen LogP contribution >= 0.6 is 0 Å². The highest BCUT2D eigenvalue weighted by Gasteiger charge is 2.21. The fourth-order valence-corrected chi connectivity index (χ4v) is 1.44. The molecule has 1 aliphatic rings.